The molecule has 1 rings (SSSR count). The highest BCUT2D eigenvalue weighted by Crippen LogP contribution is 2.12. The number of aliphatic hydroxyl groups is 1. The zero-order valence-corrected chi connectivity index (χ0v) is 11.9. The molecule has 1 amide bonds. The van der Waals surface area contributed by atoms with Crippen molar-refractivity contribution in [2.75, 3.05) is 6.61 Å². The van der Waals surface area contributed by atoms with Gasteiger partial charge in [-0.05, 0) is 24.8 Å². The fourth-order valence-electron chi connectivity index (χ4n) is 1.96. The van der Waals surface area contributed by atoms with Crippen LogP contribution in [0.4, 0.5) is 0 Å². The van der Waals surface area contributed by atoms with Gasteiger partial charge in [0, 0.05) is 0 Å². The lowest BCUT2D eigenvalue weighted by atomic mass is 10.0. The van der Waals surface area contributed by atoms with Crippen LogP contribution >= 0.6 is 0 Å². The molecule has 0 fully saturated rings. The molecule has 4 N–H and O–H groups in total. The van der Waals surface area contributed by atoms with Crippen LogP contribution in [0.15, 0.2) is 24.3 Å². The quantitative estimate of drug-likeness (QED) is 0.729. The highest BCUT2D eigenvalue weighted by atomic mass is 16.3. The Kier molecular flexibility index (Phi) is 5.99. The SMILES string of the molecule is Cc1ccc(C(N)C(=O)NC(CO)CC(C)C)cc1. The van der Waals surface area contributed by atoms with Crippen LogP contribution in [0.3, 0.4) is 0 Å². The molecular weight excluding hydrogens is 240 g/mol. The van der Waals surface area contributed by atoms with E-state index in [9.17, 15) is 9.90 Å². The molecule has 1 aromatic rings. The second-order valence-corrected chi connectivity index (χ2v) is 5.41. The summed E-state index contributed by atoms with van der Waals surface area (Å²) in [5.74, 6) is 0.164. The van der Waals surface area contributed by atoms with Crippen LogP contribution < -0.4 is 11.1 Å². The normalized spacial score (nSPS) is 14.2. The molecule has 0 saturated heterocycles. The second kappa shape index (κ2) is 7.26. The Balaban J connectivity index is 2.63. The molecule has 1 aromatic carbocycles. The summed E-state index contributed by atoms with van der Waals surface area (Å²) in [7, 11) is 0. The van der Waals surface area contributed by atoms with Crippen molar-refractivity contribution in [1.29, 1.82) is 0 Å². The Hall–Kier alpha value is -1.39. The molecule has 0 saturated carbocycles. The molecule has 0 spiro atoms. The first kappa shape index (κ1) is 15.7. The summed E-state index contributed by atoms with van der Waals surface area (Å²) < 4.78 is 0. The largest absolute Gasteiger partial charge is 0.394 e. The highest BCUT2D eigenvalue weighted by molar-refractivity contribution is 5.83. The molecule has 0 aliphatic heterocycles. The van der Waals surface area contributed by atoms with Crippen LogP contribution in [0.25, 0.3) is 0 Å². The number of nitrogens with one attached hydrogen (secondary N) is 1. The van der Waals surface area contributed by atoms with Crippen molar-refractivity contribution in [3.8, 4) is 0 Å². The summed E-state index contributed by atoms with van der Waals surface area (Å²) in [5, 5.41) is 12.1. The number of carbonyl (C=O) groups is 1. The number of hydrogen-bond acceptors (Lipinski definition) is 3. The van der Waals surface area contributed by atoms with E-state index in [0.717, 1.165) is 17.5 Å². The average Bonchev–Trinajstić information content (AvgIpc) is 2.37. The summed E-state index contributed by atoms with van der Waals surface area (Å²) in [5.41, 5.74) is 7.84. The summed E-state index contributed by atoms with van der Waals surface area (Å²) in [6, 6.07) is 6.65. The number of aliphatic hydroxyl groups excluding tert-OH is 1. The molecule has 0 aliphatic carbocycles. The third-order valence-electron chi connectivity index (χ3n) is 3.04. The third kappa shape index (κ3) is 5.01. The summed E-state index contributed by atoms with van der Waals surface area (Å²) in [6.45, 7) is 6.02. The molecule has 0 radical (unpaired) electrons. The number of aryl methyl sites for hydroxylation is 1. The number of nitrogens with two attached hydrogens (primary N) is 1. The van der Waals surface area contributed by atoms with E-state index in [1.165, 1.54) is 0 Å². The van der Waals surface area contributed by atoms with Crippen LogP contribution in [0.5, 0.6) is 0 Å². The second-order valence-electron chi connectivity index (χ2n) is 5.41. The minimum atomic E-state index is -0.693. The maximum atomic E-state index is 12.0. The van der Waals surface area contributed by atoms with Crippen molar-refractivity contribution < 1.29 is 9.90 Å². The molecule has 19 heavy (non-hydrogen) atoms. The summed E-state index contributed by atoms with van der Waals surface area (Å²) >= 11 is 0. The van der Waals surface area contributed by atoms with E-state index in [4.69, 9.17) is 5.73 Å². The minimum absolute atomic E-state index is 0.0649. The van der Waals surface area contributed by atoms with Crippen LogP contribution in [0, 0.1) is 12.8 Å². The third-order valence-corrected chi connectivity index (χ3v) is 3.04. The Morgan fingerprint density at radius 3 is 2.37 bits per heavy atom. The first-order valence-electron chi connectivity index (χ1n) is 6.67. The Labute approximate surface area is 115 Å². The summed E-state index contributed by atoms with van der Waals surface area (Å²) in [6.07, 6.45) is 0.739. The van der Waals surface area contributed by atoms with E-state index < -0.39 is 6.04 Å². The number of amides is 1. The van der Waals surface area contributed by atoms with Crippen molar-refractivity contribution in [1.82, 2.24) is 5.32 Å². The van der Waals surface area contributed by atoms with Crippen LogP contribution in [0.2, 0.25) is 0 Å². The lowest BCUT2D eigenvalue weighted by Crippen LogP contribution is -2.43. The molecule has 2 atom stereocenters. The van der Waals surface area contributed by atoms with Crippen molar-refractivity contribution in [3.05, 3.63) is 35.4 Å². The van der Waals surface area contributed by atoms with Gasteiger partial charge in [0.2, 0.25) is 5.91 Å². The van der Waals surface area contributed by atoms with Gasteiger partial charge in [0.25, 0.3) is 0 Å². The van der Waals surface area contributed by atoms with E-state index in [2.05, 4.69) is 19.2 Å². The average molecular weight is 264 g/mol. The molecule has 0 aliphatic rings. The molecule has 0 heterocycles. The number of carbonyl (C=O) groups excluding carboxylic acids is 1. The molecule has 0 bridgehead atoms. The van der Waals surface area contributed by atoms with Crippen LogP contribution in [-0.2, 0) is 4.79 Å². The fraction of sp³-hybridized carbons (Fsp3) is 0.533. The zero-order valence-electron chi connectivity index (χ0n) is 11.9. The lowest BCUT2D eigenvalue weighted by molar-refractivity contribution is -0.123. The maximum Gasteiger partial charge on any atom is 0.241 e. The van der Waals surface area contributed by atoms with E-state index in [0.29, 0.717) is 5.92 Å². The van der Waals surface area contributed by atoms with Gasteiger partial charge in [-0.3, -0.25) is 4.79 Å². The highest BCUT2D eigenvalue weighted by Gasteiger charge is 2.19. The van der Waals surface area contributed by atoms with Gasteiger partial charge in [-0.1, -0.05) is 43.7 Å². The Morgan fingerprint density at radius 1 is 1.32 bits per heavy atom. The van der Waals surface area contributed by atoms with E-state index in [1.54, 1.807) is 0 Å². The van der Waals surface area contributed by atoms with Gasteiger partial charge in [-0.2, -0.15) is 0 Å². The predicted octanol–water partition coefficient (Wildman–Crippen LogP) is 1.52. The minimum Gasteiger partial charge on any atom is -0.394 e. The molecular formula is C15H24N2O2. The monoisotopic (exact) mass is 264 g/mol. The molecule has 0 aromatic heterocycles. The van der Waals surface area contributed by atoms with Crippen LogP contribution in [0.1, 0.15) is 37.4 Å². The molecule has 4 heteroatoms. The topological polar surface area (TPSA) is 75.4 Å². The smallest absolute Gasteiger partial charge is 0.241 e. The van der Waals surface area contributed by atoms with Crippen molar-refractivity contribution in [2.45, 2.75) is 39.3 Å². The Bertz CT molecular complexity index is 401. The lowest BCUT2D eigenvalue weighted by Gasteiger charge is -2.21. The van der Waals surface area contributed by atoms with Gasteiger partial charge in [0.05, 0.1) is 12.6 Å². The Morgan fingerprint density at radius 2 is 1.89 bits per heavy atom. The van der Waals surface area contributed by atoms with Gasteiger partial charge in [0.1, 0.15) is 6.04 Å². The van der Waals surface area contributed by atoms with Crippen molar-refractivity contribution in [3.63, 3.8) is 0 Å². The van der Waals surface area contributed by atoms with E-state index in [1.807, 2.05) is 31.2 Å². The van der Waals surface area contributed by atoms with Crippen molar-refractivity contribution >= 4 is 5.91 Å². The summed E-state index contributed by atoms with van der Waals surface area (Å²) in [4.78, 5) is 12.0. The van der Waals surface area contributed by atoms with Gasteiger partial charge < -0.3 is 16.2 Å². The first-order chi connectivity index (χ1) is 8.93. The standard InChI is InChI=1S/C15H24N2O2/c1-10(2)8-13(9-18)17-15(19)14(16)12-6-4-11(3)5-7-12/h4-7,10,13-14,18H,8-9,16H2,1-3H3,(H,17,19). The molecule has 4 nitrogen and oxygen atoms in total. The first-order valence-corrected chi connectivity index (χ1v) is 6.67. The van der Waals surface area contributed by atoms with Gasteiger partial charge in [0.15, 0.2) is 0 Å². The molecule has 106 valence electrons. The number of benzene rings is 1. The zero-order chi connectivity index (χ0) is 14.4. The fourth-order valence-corrected chi connectivity index (χ4v) is 1.96. The molecule has 2 unspecified atom stereocenters. The number of rotatable bonds is 6. The van der Waals surface area contributed by atoms with E-state index in [-0.39, 0.29) is 18.6 Å². The van der Waals surface area contributed by atoms with Gasteiger partial charge in [-0.25, -0.2) is 0 Å². The van der Waals surface area contributed by atoms with Crippen LogP contribution in [-0.4, -0.2) is 23.7 Å². The van der Waals surface area contributed by atoms with Gasteiger partial charge in [-0.15, -0.1) is 0 Å². The number of hydrogen-bond donors (Lipinski definition) is 3. The van der Waals surface area contributed by atoms with Crippen molar-refractivity contribution in [2.24, 2.45) is 11.7 Å². The maximum absolute atomic E-state index is 12.0. The van der Waals surface area contributed by atoms with Gasteiger partial charge >= 0.3 is 0 Å². The predicted molar refractivity (Wildman–Crippen MR) is 76.6 cm³/mol. The van der Waals surface area contributed by atoms with E-state index >= 15 is 0 Å².